The highest BCUT2D eigenvalue weighted by Crippen LogP contribution is 2.11. The maximum absolute atomic E-state index is 8.86. The molecule has 0 saturated carbocycles. The maximum atomic E-state index is 8.86. The van der Waals surface area contributed by atoms with Crippen LogP contribution in [0.3, 0.4) is 0 Å². The number of aliphatic hydroxyl groups is 3. The Morgan fingerprint density at radius 3 is 2.22 bits per heavy atom. The van der Waals surface area contributed by atoms with Crippen molar-refractivity contribution in [2.75, 3.05) is 6.61 Å². The predicted molar refractivity (Wildman–Crippen MR) is 28.6 cm³/mol. The van der Waals surface area contributed by atoms with Gasteiger partial charge < -0.3 is 20.1 Å². The molecule has 1 saturated heterocycles. The SMILES string of the molecule is O[C@@H]1C[C@@H](O)[C@@H](O)CO1. The second-order valence-corrected chi connectivity index (χ2v) is 2.16. The average Bonchev–Trinajstić information content (AvgIpc) is 1.80. The minimum Gasteiger partial charge on any atom is -0.390 e. The van der Waals surface area contributed by atoms with Gasteiger partial charge in [-0.15, -0.1) is 0 Å². The van der Waals surface area contributed by atoms with Crippen LogP contribution in [0, 0.1) is 0 Å². The summed E-state index contributed by atoms with van der Waals surface area (Å²) >= 11 is 0. The van der Waals surface area contributed by atoms with Crippen molar-refractivity contribution < 1.29 is 20.1 Å². The largest absolute Gasteiger partial charge is 0.390 e. The predicted octanol–water partition coefficient (Wildman–Crippen LogP) is -1.55. The Morgan fingerprint density at radius 1 is 1.11 bits per heavy atom. The molecule has 4 heteroatoms. The standard InChI is InChI=1S/C5H10O4/c6-3-1-5(8)9-2-4(3)7/h3-8H,1-2H2/t3-,4+,5+/m1/s1. The third-order valence-corrected chi connectivity index (χ3v) is 1.35. The molecule has 3 N–H and O–H groups in total. The van der Waals surface area contributed by atoms with Crippen LogP contribution in [-0.2, 0) is 4.74 Å². The Bertz CT molecular complexity index is 95.0. The van der Waals surface area contributed by atoms with Crippen molar-refractivity contribution >= 4 is 0 Å². The number of ether oxygens (including phenoxy) is 1. The van der Waals surface area contributed by atoms with Crippen LogP contribution in [0.5, 0.6) is 0 Å². The van der Waals surface area contributed by atoms with Gasteiger partial charge in [-0.2, -0.15) is 0 Å². The van der Waals surface area contributed by atoms with E-state index in [9.17, 15) is 0 Å². The number of hydrogen-bond acceptors (Lipinski definition) is 4. The fourth-order valence-electron chi connectivity index (χ4n) is 0.752. The van der Waals surface area contributed by atoms with E-state index in [4.69, 9.17) is 15.3 Å². The Hall–Kier alpha value is -0.160. The van der Waals surface area contributed by atoms with Crippen molar-refractivity contribution in [2.45, 2.75) is 24.9 Å². The molecule has 1 rings (SSSR count). The fraction of sp³-hybridized carbons (Fsp3) is 1.00. The third kappa shape index (κ3) is 1.62. The molecule has 0 amide bonds. The lowest BCUT2D eigenvalue weighted by molar-refractivity contribution is -0.193. The van der Waals surface area contributed by atoms with Crippen LogP contribution in [0.4, 0.5) is 0 Å². The van der Waals surface area contributed by atoms with Crippen molar-refractivity contribution in [3.63, 3.8) is 0 Å². The van der Waals surface area contributed by atoms with Crippen LogP contribution >= 0.6 is 0 Å². The molecule has 0 aromatic rings. The van der Waals surface area contributed by atoms with Gasteiger partial charge in [-0.25, -0.2) is 0 Å². The molecule has 54 valence electrons. The number of hydrogen-bond donors (Lipinski definition) is 3. The average molecular weight is 134 g/mol. The van der Waals surface area contributed by atoms with Gasteiger partial charge in [-0.3, -0.25) is 0 Å². The molecule has 0 aromatic carbocycles. The van der Waals surface area contributed by atoms with Gasteiger partial charge in [0.1, 0.15) is 6.10 Å². The third-order valence-electron chi connectivity index (χ3n) is 1.35. The topological polar surface area (TPSA) is 69.9 Å². The van der Waals surface area contributed by atoms with Crippen LogP contribution in [0.25, 0.3) is 0 Å². The molecule has 1 aliphatic heterocycles. The normalized spacial score (nSPS) is 45.0. The molecule has 1 fully saturated rings. The summed E-state index contributed by atoms with van der Waals surface area (Å²) < 4.78 is 4.61. The molecule has 0 radical (unpaired) electrons. The van der Waals surface area contributed by atoms with Crippen molar-refractivity contribution in [2.24, 2.45) is 0 Å². The highest BCUT2D eigenvalue weighted by atomic mass is 16.6. The van der Waals surface area contributed by atoms with Crippen LogP contribution in [0.1, 0.15) is 6.42 Å². The first-order valence-electron chi connectivity index (χ1n) is 2.86. The highest BCUT2D eigenvalue weighted by Gasteiger charge is 2.26. The lowest BCUT2D eigenvalue weighted by Gasteiger charge is -2.26. The highest BCUT2D eigenvalue weighted by molar-refractivity contribution is 4.72. The van der Waals surface area contributed by atoms with E-state index >= 15 is 0 Å². The molecule has 0 spiro atoms. The first-order valence-corrected chi connectivity index (χ1v) is 2.86. The summed E-state index contributed by atoms with van der Waals surface area (Å²) in [7, 11) is 0. The van der Waals surface area contributed by atoms with E-state index in [0.717, 1.165) is 0 Å². The molecule has 4 nitrogen and oxygen atoms in total. The van der Waals surface area contributed by atoms with E-state index in [2.05, 4.69) is 4.74 Å². The first kappa shape index (κ1) is 6.95. The van der Waals surface area contributed by atoms with Crippen LogP contribution in [-0.4, -0.2) is 40.4 Å². The number of aliphatic hydroxyl groups excluding tert-OH is 3. The molecule has 0 unspecified atom stereocenters. The quantitative estimate of drug-likeness (QED) is 0.375. The van der Waals surface area contributed by atoms with Gasteiger partial charge in [0.25, 0.3) is 0 Å². The van der Waals surface area contributed by atoms with Crippen molar-refractivity contribution in [3.8, 4) is 0 Å². The van der Waals surface area contributed by atoms with Crippen LogP contribution in [0.15, 0.2) is 0 Å². The second kappa shape index (κ2) is 2.62. The summed E-state index contributed by atoms with van der Waals surface area (Å²) in [5.74, 6) is 0. The maximum Gasteiger partial charge on any atom is 0.157 e. The Morgan fingerprint density at radius 2 is 1.78 bits per heavy atom. The number of rotatable bonds is 0. The Kier molecular flexibility index (Phi) is 2.02. The van der Waals surface area contributed by atoms with Crippen LogP contribution in [0.2, 0.25) is 0 Å². The fourth-order valence-corrected chi connectivity index (χ4v) is 0.752. The van der Waals surface area contributed by atoms with E-state index < -0.39 is 18.5 Å². The van der Waals surface area contributed by atoms with E-state index in [1.54, 1.807) is 0 Å². The smallest absolute Gasteiger partial charge is 0.157 e. The van der Waals surface area contributed by atoms with Gasteiger partial charge in [0.15, 0.2) is 6.29 Å². The van der Waals surface area contributed by atoms with Crippen molar-refractivity contribution in [1.29, 1.82) is 0 Å². The van der Waals surface area contributed by atoms with Gasteiger partial charge in [0, 0.05) is 6.42 Å². The molecular weight excluding hydrogens is 124 g/mol. The van der Waals surface area contributed by atoms with E-state index in [1.165, 1.54) is 0 Å². The monoisotopic (exact) mass is 134 g/mol. The van der Waals surface area contributed by atoms with Gasteiger partial charge in [0.2, 0.25) is 0 Å². The van der Waals surface area contributed by atoms with Gasteiger partial charge in [0.05, 0.1) is 12.7 Å². The summed E-state index contributed by atoms with van der Waals surface area (Å²) in [5, 5.41) is 26.4. The van der Waals surface area contributed by atoms with Crippen molar-refractivity contribution in [3.05, 3.63) is 0 Å². The molecule has 9 heavy (non-hydrogen) atoms. The summed E-state index contributed by atoms with van der Waals surface area (Å²) in [6, 6.07) is 0. The van der Waals surface area contributed by atoms with E-state index in [0.29, 0.717) is 0 Å². The summed E-state index contributed by atoms with van der Waals surface area (Å²) in [5.41, 5.74) is 0. The molecule has 3 atom stereocenters. The summed E-state index contributed by atoms with van der Waals surface area (Å²) in [6.07, 6.45) is -2.49. The van der Waals surface area contributed by atoms with Gasteiger partial charge in [-0.1, -0.05) is 0 Å². The van der Waals surface area contributed by atoms with Crippen molar-refractivity contribution in [1.82, 2.24) is 0 Å². The lowest BCUT2D eigenvalue weighted by atomic mass is 10.1. The molecular formula is C5H10O4. The second-order valence-electron chi connectivity index (χ2n) is 2.16. The summed E-state index contributed by atoms with van der Waals surface area (Å²) in [4.78, 5) is 0. The minimum atomic E-state index is -0.914. The van der Waals surface area contributed by atoms with Gasteiger partial charge in [-0.05, 0) is 0 Å². The van der Waals surface area contributed by atoms with E-state index in [1.807, 2.05) is 0 Å². The lowest BCUT2D eigenvalue weighted by Crippen LogP contribution is -2.40. The zero-order chi connectivity index (χ0) is 6.85. The van der Waals surface area contributed by atoms with E-state index in [-0.39, 0.29) is 13.0 Å². The molecule has 0 aromatic heterocycles. The Balaban J connectivity index is 2.35. The molecule has 0 aliphatic carbocycles. The van der Waals surface area contributed by atoms with Gasteiger partial charge >= 0.3 is 0 Å². The molecule has 1 heterocycles. The zero-order valence-electron chi connectivity index (χ0n) is 4.90. The Labute approximate surface area is 52.7 Å². The minimum absolute atomic E-state index is 0.0162. The van der Waals surface area contributed by atoms with Crippen LogP contribution < -0.4 is 0 Å². The molecule has 0 bridgehead atoms. The molecule has 1 aliphatic rings. The zero-order valence-corrected chi connectivity index (χ0v) is 4.90. The first-order chi connectivity index (χ1) is 4.20. The summed E-state index contributed by atoms with van der Waals surface area (Å²) in [6.45, 7) is 0.0162.